The van der Waals surface area contributed by atoms with Gasteiger partial charge in [-0.15, -0.1) is 0 Å². The smallest absolute Gasteiger partial charge is 0.413 e. The van der Waals surface area contributed by atoms with Gasteiger partial charge in [0.25, 0.3) is 5.91 Å². The second kappa shape index (κ2) is 6.85. The summed E-state index contributed by atoms with van der Waals surface area (Å²) in [5.41, 5.74) is -0.739. The highest BCUT2D eigenvalue weighted by Crippen LogP contribution is 2.37. The number of aromatic nitrogens is 2. The van der Waals surface area contributed by atoms with Crippen LogP contribution in [0.15, 0.2) is 36.5 Å². The van der Waals surface area contributed by atoms with Crippen LogP contribution in [0, 0.1) is 0 Å². The molecule has 0 aliphatic heterocycles. The van der Waals surface area contributed by atoms with E-state index in [9.17, 15) is 26.7 Å². The van der Waals surface area contributed by atoms with Crippen LogP contribution in [0.2, 0.25) is 0 Å². The molecule has 1 unspecified atom stereocenters. The number of hydrogen-bond donors (Lipinski definition) is 1. The summed E-state index contributed by atoms with van der Waals surface area (Å²) in [6.07, 6.45) is -3.68. The van der Waals surface area contributed by atoms with Crippen molar-refractivity contribution in [2.24, 2.45) is 7.05 Å². The first-order valence-corrected chi connectivity index (χ1v) is 6.59. The maximum Gasteiger partial charge on any atom is 0.413 e. The van der Waals surface area contributed by atoms with Crippen LogP contribution in [-0.4, -0.2) is 28.5 Å². The molecule has 0 saturated heterocycles. The monoisotopic (exact) mass is 349 g/mol. The minimum atomic E-state index is -4.92. The molecule has 5 nitrogen and oxygen atoms in total. The van der Waals surface area contributed by atoms with Gasteiger partial charge in [0.1, 0.15) is 11.4 Å². The quantitative estimate of drug-likeness (QED) is 0.844. The third kappa shape index (κ3) is 4.00. The molecule has 1 amide bonds. The van der Waals surface area contributed by atoms with E-state index < -0.39 is 36.0 Å². The highest BCUT2D eigenvalue weighted by molar-refractivity contribution is 5.92. The fourth-order valence-electron chi connectivity index (χ4n) is 2.06. The molecule has 1 heterocycles. The van der Waals surface area contributed by atoms with Crippen molar-refractivity contribution >= 4 is 5.91 Å². The Hall–Kier alpha value is -2.65. The van der Waals surface area contributed by atoms with Crippen molar-refractivity contribution in [3.63, 3.8) is 0 Å². The highest BCUT2D eigenvalue weighted by Gasteiger charge is 2.44. The second-order valence-corrected chi connectivity index (χ2v) is 4.70. The predicted octanol–water partition coefficient (Wildman–Crippen LogP) is 3.05. The van der Waals surface area contributed by atoms with Gasteiger partial charge in [-0.25, -0.2) is 0 Å². The van der Waals surface area contributed by atoms with Crippen LogP contribution in [0.4, 0.5) is 22.0 Å². The number of carbonyl (C=O) groups is 1. The molecular weight excluding hydrogens is 337 g/mol. The number of nitrogens with zero attached hydrogens (tertiary/aromatic N) is 2. The number of benzene rings is 1. The fraction of sp³-hybridized carbons (Fsp3) is 0.286. The summed E-state index contributed by atoms with van der Waals surface area (Å²) in [4.78, 5) is 12.0. The molecule has 0 spiro atoms. The largest absolute Gasteiger partial charge is 0.434 e. The standard InChI is InChI=1S/C14H12F5N3O2/c1-22-9(6-7-20-22)12(23)21-11(14(17,18)19)8-4-2-3-5-10(8)24-13(15)16/h2-7,11,13H,1H3,(H,21,23). The lowest BCUT2D eigenvalue weighted by Gasteiger charge is -2.24. The van der Waals surface area contributed by atoms with Crippen LogP contribution in [0.5, 0.6) is 5.75 Å². The Morgan fingerprint density at radius 1 is 1.25 bits per heavy atom. The van der Waals surface area contributed by atoms with Crippen LogP contribution < -0.4 is 10.1 Å². The van der Waals surface area contributed by atoms with Gasteiger partial charge < -0.3 is 10.1 Å². The van der Waals surface area contributed by atoms with Gasteiger partial charge in [-0.3, -0.25) is 9.48 Å². The molecule has 1 aromatic carbocycles. The lowest BCUT2D eigenvalue weighted by Crippen LogP contribution is -2.39. The average Bonchev–Trinajstić information content (AvgIpc) is 2.90. The molecule has 1 N–H and O–H groups in total. The van der Waals surface area contributed by atoms with Crippen LogP contribution in [-0.2, 0) is 7.05 Å². The molecule has 0 saturated carbocycles. The van der Waals surface area contributed by atoms with Gasteiger partial charge in [0.15, 0.2) is 6.04 Å². The number of rotatable bonds is 5. The van der Waals surface area contributed by atoms with Gasteiger partial charge in [0.05, 0.1) is 0 Å². The summed E-state index contributed by atoms with van der Waals surface area (Å²) in [6, 6.07) is 3.11. The minimum absolute atomic E-state index is 0.114. The number of amides is 1. The Balaban J connectivity index is 2.37. The number of hydrogen-bond acceptors (Lipinski definition) is 3. The van der Waals surface area contributed by atoms with E-state index in [2.05, 4.69) is 9.84 Å². The third-order valence-electron chi connectivity index (χ3n) is 3.10. The third-order valence-corrected chi connectivity index (χ3v) is 3.10. The van der Waals surface area contributed by atoms with E-state index in [-0.39, 0.29) is 5.69 Å². The van der Waals surface area contributed by atoms with Gasteiger partial charge in [-0.05, 0) is 12.1 Å². The molecule has 2 aromatic rings. The molecule has 1 atom stereocenters. The van der Waals surface area contributed by atoms with Crippen LogP contribution in [0.1, 0.15) is 22.1 Å². The number of alkyl halides is 5. The molecular formula is C14H12F5N3O2. The van der Waals surface area contributed by atoms with E-state index in [1.165, 1.54) is 31.4 Å². The maximum absolute atomic E-state index is 13.3. The summed E-state index contributed by atoms with van der Waals surface area (Å²) < 4.78 is 70.0. The first-order chi connectivity index (χ1) is 11.2. The first-order valence-electron chi connectivity index (χ1n) is 6.59. The zero-order valence-electron chi connectivity index (χ0n) is 12.2. The lowest BCUT2D eigenvalue weighted by atomic mass is 10.0. The summed E-state index contributed by atoms with van der Waals surface area (Å²) in [5.74, 6) is -1.72. The normalized spacial score (nSPS) is 13.0. The Morgan fingerprint density at radius 2 is 1.92 bits per heavy atom. The van der Waals surface area contributed by atoms with Crippen molar-refractivity contribution < 1.29 is 31.5 Å². The van der Waals surface area contributed by atoms with Crippen molar-refractivity contribution in [3.05, 3.63) is 47.8 Å². The molecule has 0 aliphatic rings. The molecule has 0 radical (unpaired) electrons. The number of nitrogens with one attached hydrogen (secondary N) is 1. The first kappa shape index (κ1) is 17.7. The lowest BCUT2D eigenvalue weighted by molar-refractivity contribution is -0.156. The molecule has 0 fully saturated rings. The number of aryl methyl sites for hydroxylation is 1. The molecule has 130 valence electrons. The molecule has 10 heteroatoms. The van der Waals surface area contributed by atoms with Gasteiger partial charge in [0.2, 0.25) is 0 Å². The van der Waals surface area contributed by atoms with E-state index in [0.29, 0.717) is 0 Å². The Kier molecular flexibility index (Phi) is 5.05. The van der Waals surface area contributed by atoms with Crippen molar-refractivity contribution in [2.75, 3.05) is 0 Å². The average molecular weight is 349 g/mol. The van der Waals surface area contributed by atoms with E-state index in [0.717, 1.165) is 16.8 Å². The highest BCUT2D eigenvalue weighted by atomic mass is 19.4. The number of carbonyl (C=O) groups excluding carboxylic acids is 1. The van der Waals surface area contributed by atoms with Crippen LogP contribution in [0.25, 0.3) is 0 Å². The topological polar surface area (TPSA) is 56.2 Å². The van der Waals surface area contributed by atoms with Crippen molar-refractivity contribution in [1.82, 2.24) is 15.1 Å². The molecule has 1 aromatic heterocycles. The van der Waals surface area contributed by atoms with E-state index in [1.807, 2.05) is 0 Å². The zero-order valence-corrected chi connectivity index (χ0v) is 12.2. The fourth-order valence-corrected chi connectivity index (χ4v) is 2.06. The maximum atomic E-state index is 13.3. The summed E-state index contributed by atoms with van der Waals surface area (Å²) in [5, 5.41) is 5.47. The minimum Gasteiger partial charge on any atom is -0.434 e. The van der Waals surface area contributed by atoms with Gasteiger partial charge in [-0.2, -0.15) is 27.1 Å². The van der Waals surface area contributed by atoms with Crippen molar-refractivity contribution in [2.45, 2.75) is 18.8 Å². The summed E-state index contributed by atoms with van der Waals surface area (Å²) in [7, 11) is 1.38. The van der Waals surface area contributed by atoms with Crippen LogP contribution >= 0.6 is 0 Å². The Bertz CT molecular complexity index is 714. The van der Waals surface area contributed by atoms with Crippen LogP contribution in [0.3, 0.4) is 0 Å². The molecule has 24 heavy (non-hydrogen) atoms. The van der Waals surface area contributed by atoms with E-state index in [1.54, 1.807) is 5.32 Å². The Labute approximate surface area is 133 Å². The van der Waals surface area contributed by atoms with E-state index in [4.69, 9.17) is 0 Å². The second-order valence-electron chi connectivity index (χ2n) is 4.70. The predicted molar refractivity (Wildman–Crippen MR) is 72.5 cm³/mol. The van der Waals surface area contributed by atoms with Gasteiger partial charge >= 0.3 is 12.8 Å². The van der Waals surface area contributed by atoms with Crippen molar-refractivity contribution in [1.29, 1.82) is 0 Å². The molecule has 0 aliphatic carbocycles. The van der Waals surface area contributed by atoms with Gasteiger partial charge in [0, 0.05) is 18.8 Å². The number of ether oxygens (including phenoxy) is 1. The van der Waals surface area contributed by atoms with Crippen molar-refractivity contribution in [3.8, 4) is 5.75 Å². The molecule has 0 bridgehead atoms. The zero-order chi connectivity index (χ0) is 17.9. The number of halogens is 5. The molecule has 2 rings (SSSR count). The summed E-state index contributed by atoms with van der Waals surface area (Å²) >= 11 is 0. The van der Waals surface area contributed by atoms with Gasteiger partial charge in [-0.1, -0.05) is 18.2 Å². The number of para-hydroxylation sites is 1. The summed E-state index contributed by atoms with van der Waals surface area (Å²) in [6.45, 7) is -3.30. The Morgan fingerprint density at radius 3 is 2.46 bits per heavy atom. The SMILES string of the molecule is Cn1nccc1C(=O)NC(c1ccccc1OC(F)F)C(F)(F)F. The van der Waals surface area contributed by atoms with E-state index >= 15 is 0 Å².